The summed E-state index contributed by atoms with van der Waals surface area (Å²) in [5, 5.41) is 15.1. The highest BCUT2D eigenvalue weighted by Gasteiger charge is 2.21. The number of aliphatic hydroxyl groups is 1. The first kappa shape index (κ1) is 11.8. The van der Waals surface area contributed by atoms with E-state index < -0.39 is 0 Å². The number of fused-ring (bicyclic) bond motifs is 1. The van der Waals surface area contributed by atoms with Crippen LogP contribution in [0.15, 0.2) is 35.7 Å². The number of benzene rings is 1. The van der Waals surface area contributed by atoms with Gasteiger partial charge in [0, 0.05) is 16.1 Å². The smallest absolute Gasteiger partial charge is 0.0701 e. The molecule has 2 aromatic rings. The Balaban J connectivity index is 1.86. The van der Waals surface area contributed by atoms with Crippen LogP contribution in [0.3, 0.4) is 0 Å². The maximum atomic E-state index is 9.37. The molecule has 94 valence electrons. The summed E-state index contributed by atoms with van der Waals surface area (Å²) in [7, 11) is 0. The van der Waals surface area contributed by atoms with Crippen molar-refractivity contribution in [1.29, 1.82) is 0 Å². The van der Waals surface area contributed by atoms with Crippen molar-refractivity contribution in [2.24, 2.45) is 0 Å². The molecule has 0 saturated carbocycles. The molecule has 0 aliphatic heterocycles. The summed E-state index contributed by atoms with van der Waals surface area (Å²) in [6, 6.07) is 10.6. The van der Waals surface area contributed by atoms with Gasteiger partial charge in [-0.05, 0) is 42.3 Å². The summed E-state index contributed by atoms with van der Waals surface area (Å²) in [5.74, 6) is 0. The zero-order chi connectivity index (χ0) is 12.4. The van der Waals surface area contributed by atoms with Gasteiger partial charge in [0.15, 0.2) is 0 Å². The van der Waals surface area contributed by atoms with Crippen molar-refractivity contribution in [3.05, 3.63) is 51.7 Å². The third-order valence-corrected chi connectivity index (χ3v) is 4.57. The van der Waals surface area contributed by atoms with Crippen LogP contribution in [0.25, 0.3) is 0 Å². The van der Waals surface area contributed by atoms with Crippen LogP contribution in [-0.2, 0) is 13.0 Å². The second kappa shape index (κ2) is 5.12. The van der Waals surface area contributed by atoms with Gasteiger partial charge in [-0.15, -0.1) is 11.3 Å². The van der Waals surface area contributed by atoms with E-state index >= 15 is 0 Å². The van der Waals surface area contributed by atoms with E-state index in [4.69, 9.17) is 0 Å². The summed E-state index contributed by atoms with van der Waals surface area (Å²) in [6.45, 7) is 0.0897. The first-order chi connectivity index (χ1) is 8.88. The predicted molar refractivity (Wildman–Crippen MR) is 76.0 cm³/mol. The minimum Gasteiger partial charge on any atom is -0.392 e. The number of aryl methyl sites for hydroxylation is 1. The topological polar surface area (TPSA) is 32.3 Å². The van der Waals surface area contributed by atoms with Crippen LogP contribution < -0.4 is 5.32 Å². The fourth-order valence-corrected chi connectivity index (χ4v) is 3.61. The van der Waals surface area contributed by atoms with Crippen molar-refractivity contribution in [2.45, 2.75) is 31.9 Å². The molecule has 0 radical (unpaired) electrons. The largest absolute Gasteiger partial charge is 0.392 e. The van der Waals surface area contributed by atoms with Crippen LogP contribution in [0.1, 0.15) is 34.9 Å². The Bertz CT molecular complexity index is 535. The van der Waals surface area contributed by atoms with Gasteiger partial charge in [0.25, 0.3) is 0 Å². The van der Waals surface area contributed by atoms with E-state index in [9.17, 15) is 5.11 Å². The molecule has 1 unspecified atom stereocenters. The van der Waals surface area contributed by atoms with E-state index in [0.29, 0.717) is 6.04 Å². The maximum absolute atomic E-state index is 9.37. The van der Waals surface area contributed by atoms with E-state index in [-0.39, 0.29) is 6.61 Å². The lowest BCUT2D eigenvalue weighted by Gasteiger charge is -2.25. The van der Waals surface area contributed by atoms with Crippen LogP contribution in [0.2, 0.25) is 0 Å². The molecule has 2 nitrogen and oxygen atoms in total. The van der Waals surface area contributed by atoms with Crippen molar-refractivity contribution < 1.29 is 5.11 Å². The van der Waals surface area contributed by atoms with Crippen LogP contribution in [0.5, 0.6) is 0 Å². The third-order valence-electron chi connectivity index (χ3n) is 3.57. The molecule has 0 fully saturated rings. The number of para-hydroxylation sites is 1. The van der Waals surface area contributed by atoms with Gasteiger partial charge < -0.3 is 10.4 Å². The second-order valence-electron chi connectivity index (χ2n) is 4.70. The molecule has 0 spiro atoms. The van der Waals surface area contributed by atoms with Gasteiger partial charge in [-0.3, -0.25) is 0 Å². The van der Waals surface area contributed by atoms with E-state index in [2.05, 4.69) is 16.8 Å². The highest BCUT2D eigenvalue weighted by molar-refractivity contribution is 7.10. The van der Waals surface area contributed by atoms with Crippen molar-refractivity contribution in [3.8, 4) is 0 Å². The Hall–Kier alpha value is -1.32. The molecule has 1 aromatic heterocycles. The lowest BCUT2D eigenvalue weighted by atomic mass is 9.93. The quantitative estimate of drug-likeness (QED) is 0.880. The minimum absolute atomic E-state index is 0.0897. The fourth-order valence-electron chi connectivity index (χ4n) is 2.62. The van der Waals surface area contributed by atoms with Crippen molar-refractivity contribution >= 4 is 17.0 Å². The van der Waals surface area contributed by atoms with E-state index in [1.165, 1.54) is 29.7 Å². The third kappa shape index (κ3) is 2.16. The molecule has 1 aromatic carbocycles. The summed E-state index contributed by atoms with van der Waals surface area (Å²) in [4.78, 5) is 1.51. The second-order valence-corrected chi connectivity index (χ2v) is 5.70. The van der Waals surface area contributed by atoms with Gasteiger partial charge in [-0.1, -0.05) is 18.2 Å². The number of anilines is 1. The molecule has 1 aliphatic rings. The molecule has 2 N–H and O–H groups in total. The van der Waals surface area contributed by atoms with Gasteiger partial charge in [0.1, 0.15) is 0 Å². The van der Waals surface area contributed by atoms with Crippen LogP contribution >= 0.6 is 11.3 Å². The number of hydrogen-bond donors (Lipinski definition) is 2. The monoisotopic (exact) mass is 259 g/mol. The number of hydrogen-bond acceptors (Lipinski definition) is 3. The SMILES string of the molecule is OCc1ccccc1NC1CCCc2sccc21. The van der Waals surface area contributed by atoms with Gasteiger partial charge in [-0.2, -0.15) is 0 Å². The Morgan fingerprint density at radius 2 is 2.17 bits per heavy atom. The van der Waals surface area contributed by atoms with E-state index in [1.54, 1.807) is 0 Å². The fraction of sp³-hybridized carbons (Fsp3) is 0.333. The molecule has 0 amide bonds. The minimum atomic E-state index is 0.0897. The molecule has 1 atom stereocenters. The average molecular weight is 259 g/mol. The lowest BCUT2D eigenvalue weighted by molar-refractivity contribution is 0.282. The number of rotatable bonds is 3. The first-order valence-electron chi connectivity index (χ1n) is 6.40. The maximum Gasteiger partial charge on any atom is 0.0701 e. The Morgan fingerprint density at radius 3 is 3.06 bits per heavy atom. The van der Waals surface area contributed by atoms with Crippen molar-refractivity contribution in [2.75, 3.05) is 5.32 Å². The van der Waals surface area contributed by atoms with Crippen LogP contribution in [-0.4, -0.2) is 5.11 Å². The summed E-state index contributed by atoms with van der Waals surface area (Å²) in [5.41, 5.74) is 3.47. The molecule has 0 saturated heterocycles. The van der Waals surface area contributed by atoms with Crippen LogP contribution in [0.4, 0.5) is 5.69 Å². The molecule has 3 rings (SSSR count). The Morgan fingerprint density at radius 1 is 1.28 bits per heavy atom. The Labute approximate surface area is 111 Å². The molecule has 18 heavy (non-hydrogen) atoms. The molecular formula is C15H17NOS. The molecule has 3 heteroatoms. The zero-order valence-electron chi connectivity index (χ0n) is 10.2. The standard InChI is InChI=1S/C15H17NOS/c17-10-11-4-1-2-5-13(11)16-14-6-3-7-15-12(14)8-9-18-15/h1-2,4-5,8-9,14,16-17H,3,6-7,10H2. The lowest BCUT2D eigenvalue weighted by Crippen LogP contribution is -2.16. The summed E-state index contributed by atoms with van der Waals surface area (Å²) in [6.07, 6.45) is 3.63. The number of nitrogens with one attached hydrogen (secondary N) is 1. The highest BCUT2D eigenvalue weighted by Crippen LogP contribution is 2.36. The van der Waals surface area contributed by atoms with E-state index in [0.717, 1.165) is 11.3 Å². The van der Waals surface area contributed by atoms with Gasteiger partial charge in [-0.25, -0.2) is 0 Å². The number of aliphatic hydroxyl groups excluding tert-OH is 1. The normalized spacial score (nSPS) is 18.4. The summed E-state index contributed by atoms with van der Waals surface area (Å²) >= 11 is 1.86. The average Bonchev–Trinajstić information content (AvgIpc) is 2.89. The Kier molecular flexibility index (Phi) is 3.35. The highest BCUT2D eigenvalue weighted by atomic mass is 32.1. The van der Waals surface area contributed by atoms with Gasteiger partial charge in [0.2, 0.25) is 0 Å². The van der Waals surface area contributed by atoms with E-state index in [1.807, 2.05) is 35.6 Å². The number of thiophene rings is 1. The van der Waals surface area contributed by atoms with Gasteiger partial charge >= 0.3 is 0 Å². The zero-order valence-corrected chi connectivity index (χ0v) is 11.0. The first-order valence-corrected chi connectivity index (χ1v) is 7.28. The molecule has 1 heterocycles. The van der Waals surface area contributed by atoms with Crippen LogP contribution in [0, 0.1) is 0 Å². The van der Waals surface area contributed by atoms with Crippen molar-refractivity contribution in [1.82, 2.24) is 0 Å². The molecule has 1 aliphatic carbocycles. The van der Waals surface area contributed by atoms with Crippen molar-refractivity contribution in [3.63, 3.8) is 0 Å². The summed E-state index contributed by atoms with van der Waals surface area (Å²) < 4.78 is 0. The molecular weight excluding hydrogens is 242 g/mol. The molecule has 0 bridgehead atoms. The predicted octanol–water partition coefficient (Wildman–Crippen LogP) is 3.73. The van der Waals surface area contributed by atoms with Gasteiger partial charge in [0.05, 0.1) is 12.6 Å².